The van der Waals surface area contributed by atoms with E-state index in [4.69, 9.17) is 9.15 Å². The number of esters is 1. The molecule has 2 aromatic carbocycles. The normalized spacial score (nSPS) is 19.9. The summed E-state index contributed by atoms with van der Waals surface area (Å²) in [7, 11) is 0. The fourth-order valence-electron chi connectivity index (χ4n) is 3.90. The first-order valence-corrected chi connectivity index (χ1v) is 10.0. The minimum atomic E-state index is -0.136. The summed E-state index contributed by atoms with van der Waals surface area (Å²) in [5.41, 5.74) is 3.15. The van der Waals surface area contributed by atoms with Crippen molar-refractivity contribution in [2.24, 2.45) is 17.3 Å². The van der Waals surface area contributed by atoms with Crippen LogP contribution >= 0.6 is 0 Å². The van der Waals surface area contributed by atoms with Crippen LogP contribution in [0.25, 0.3) is 6.08 Å². The number of benzene rings is 2. The summed E-state index contributed by atoms with van der Waals surface area (Å²) < 4.78 is 11.2. The van der Waals surface area contributed by atoms with Gasteiger partial charge in [0, 0.05) is 12.0 Å². The van der Waals surface area contributed by atoms with Gasteiger partial charge < -0.3 is 9.15 Å². The lowest BCUT2D eigenvalue weighted by molar-refractivity contribution is -0.147. The quantitative estimate of drug-likeness (QED) is 0.475. The smallest absolute Gasteiger partial charge is 0.310 e. The summed E-state index contributed by atoms with van der Waals surface area (Å²) in [6, 6.07) is 22.3. The largest absolute Gasteiger partial charge is 0.469 e. The van der Waals surface area contributed by atoms with Crippen LogP contribution in [0, 0.1) is 17.3 Å². The van der Waals surface area contributed by atoms with Crippen LogP contribution in [0.5, 0.6) is 0 Å². The Morgan fingerprint density at radius 3 is 2.45 bits per heavy atom. The lowest BCUT2D eigenvalue weighted by atomic mass is 10.1. The second-order valence-electron chi connectivity index (χ2n) is 8.29. The molecular formula is C26H26O3. The molecule has 1 heterocycles. The Labute approximate surface area is 172 Å². The Morgan fingerprint density at radius 1 is 1.03 bits per heavy atom. The maximum atomic E-state index is 12.6. The van der Waals surface area contributed by atoms with Crippen molar-refractivity contribution in [3.63, 3.8) is 0 Å². The average molecular weight is 386 g/mol. The van der Waals surface area contributed by atoms with Gasteiger partial charge in [0.05, 0.1) is 12.2 Å². The molecule has 0 spiro atoms. The molecule has 0 N–H and O–H groups in total. The topological polar surface area (TPSA) is 39.4 Å². The Kier molecular flexibility index (Phi) is 5.39. The lowest BCUT2D eigenvalue weighted by Crippen LogP contribution is -2.10. The number of carbonyl (C=O) groups excluding carboxylic acids is 1. The zero-order chi connectivity index (χ0) is 20.3. The first-order chi connectivity index (χ1) is 14.0. The molecule has 148 valence electrons. The second-order valence-corrected chi connectivity index (χ2v) is 8.29. The van der Waals surface area contributed by atoms with E-state index in [1.54, 1.807) is 6.26 Å². The highest BCUT2D eigenvalue weighted by Crippen LogP contribution is 2.59. The molecule has 1 aromatic heterocycles. The van der Waals surface area contributed by atoms with Gasteiger partial charge in [-0.25, -0.2) is 0 Å². The molecule has 0 saturated heterocycles. The third-order valence-corrected chi connectivity index (χ3v) is 5.77. The highest BCUT2D eigenvalue weighted by molar-refractivity contribution is 5.78. The molecule has 3 heteroatoms. The zero-order valence-electron chi connectivity index (χ0n) is 16.9. The summed E-state index contributed by atoms with van der Waals surface area (Å²) in [5.74, 6) is 0.840. The van der Waals surface area contributed by atoms with E-state index in [0.717, 1.165) is 23.3 Å². The van der Waals surface area contributed by atoms with E-state index >= 15 is 0 Å². The maximum Gasteiger partial charge on any atom is 0.310 e. The molecule has 2 atom stereocenters. The third-order valence-electron chi connectivity index (χ3n) is 5.77. The fraction of sp³-hybridized carbons (Fsp3) is 0.269. The van der Waals surface area contributed by atoms with Crippen molar-refractivity contribution >= 4 is 12.0 Å². The standard InChI is InChI=1S/C26H26O3/c1-26(2)23(14-13-19-9-5-3-6-10-19)24(26)25(27)29-18-21-16-22(28-17-21)15-20-11-7-4-8-12-20/h3-14,16-17,23-24H,15,18H2,1-2H3. The molecular weight excluding hydrogens is 360 g/mol. The number of hydrogen-bond donors (Lipinski definition) is 0. The maximum absolute atomic E-state index is 12.6. The third kappa shape index (κ3) is 4.51. The van der Waals surface area contributed by atoms with Crippen molar-refractivity contribution in [3.05, 3.63) is 102 Å². The van der Waals surface area contributed by atoms with Crippen LogP contribution in [0.2, 0.25) is 0 Å². The van der Waals surface area contributed by atoms with Gasteiger partial charge >= 0.3 is 5.97 Å². The lowest BCUT2D eigenvalue weighted by Gasteiger charge is -2.03. The molecule has 4 rings (SSSR count). The van der Waals surface area contributed by atoms with Crippen molar-refractivity contribution in [2.75, 3.05) is 0 Å². The number of allylic oxidation sites excluding steroid dienone is 1. The molecule has 0 amide bonds. The molecule has 1 saturated carbocycles. The van der Waals surface area contributed by atoms with Gasteiger partial charge in [0.2, 0.25) is 0 Å². The molecule has 0 radical (unpaired) electrons. The van der Waals surface area contributed by atoms with Crippen LogP contribution in [-0.2, 0) is 22.6 Å². The van der Waals surface area contributed by atoms with Crippen LogP contribution in [0.3, 0.4) is 0 Å². The summed E-state index contributed by atoms with van der Waals surface area (Å²) in [6.45, 7) is 4.49. The predicted molar refractivity (Wildman–Crippen MR) is 114 cm³/mol. The molecule has 29 heavy (non-hydrogen) atoms. The minimum absolute atomic E-state index is 0.0722. The zero-order valence-corrected chi connectivity index (χ0v) is 16.9. The van der Waals surface area contributed by atoms with Crippen molar-refractivity contribution in [1.29, 1.82) is 0 Å². The number of carbonyl (C=O) groups is 1. The van der Waals surface area contributed by atoms with Gasteiger partial charge in [-0.3, -0.25) is 4.79 Å². The van der Waals surface area contributed by atoms with Crippen molar-refractivity contribution in [2.45, 2.75) is 26.9 Å². The van der Waals surface area contributed by atoms with Gasteiger partial charge in [-0.2, -0.15) is 0 Å². The second kappa shape index (κ2) is 8.12. The summed E-state index contributed by atoms with van der Waals surface area (Å²) in [4.78, 5) is 12.6. The Balaban J connectivity index is 1.31. The van der Waals surface area contributed by atoms with Crippen LogP contribution in [0.1, 0.15) is 36.3 Å². The Hall–Kier alpha value is -3.07. The predicted octanol–water partition coefficient (Wildman–Crippen LogP) is 5.90. The number of hydrogen-bond acceptors (Lipinski definition) is 3. The van der Waals surface area contributed by atoms with E-state index in [1.807, 2.05) is 42.5 Å². The van der Waals surface area contributed by atoms with E-state index < -0.39 is 0 Å². The molecule has 3 nitrogen and oxygen atoms in total. The monoisotopic (exact) mass is 386 g/mol. The highest BCUT2D eigenvalue weighted by Gasteiger charge is 2.61. The van der Waals surface area contributed by atoms with Crippen LogP contribution in [0.4, 0.5) is 0 Å². The number of rotatable bonds is 7. The molecule has 1 fully saturated rings. The SMILES string of the molecule is CC1(C)C(C=Cc2ccccc2)C1C(=O)OCc1coc(Cc2ccccc2)c1. The molecule has 0 bridgehead atoms. The van der Waals surface area contributed by atoms with Gasteiger partial charge in [-0.15, -0.1) is 0 Å². The molecule has 3 aromatic rings. The van der Waals surface area contributed by atoms with Gasteiger partial charge in [0.15, 0.2) is 0 Å². The highest BCUT2D eigenvalue weighted by atomic mass is 16.5. The van der Waals surface area contributed by atoms with Crippen molar-refractivity contribution in [1.82, 2.24) is 0 Å². The first kappa shape index (κ1) is 19.3. The van der Waals surface area contributed by atoms with Crippen LogP contribution < -0.4 is 0 Å². The summed E-state index contributed by atoms with van der Waals surface area (Å²) >= 11 is 0. The molecule has 2 unspecified atom stereocenters. The molecule has 0 aliphatic heterocycles. The van der Waals surface area contributed by atoms with Gasteiger partial charge in [-0.05, 0) is 28.5 Å². The van der Waals surface area contributed by atoms with Gasteiger partial charge in [0.25, 0.3) is 0 Å². The van der Waals surface area contributed by atoms with Gasteiger partial charge in [-0.1, -0.05) is 86.7 Å². The number of furan rings is 1. The van der Waals surface area contributed by atoms with E-state index in [0.29, 0.717) is 0 Å². The first-order valence-electron chi connectivity index (χ1n) is 10.0. The van der Waals surface area contributed by atoms with E-state index in [2.05, 4.69) is 50.3 Å². The summed E-state index contributed by atoms with van der Waals surface area (Å²) in [6.07, 6.45) is 6.63. The summed E-state index contributed by atoms with van der Waals surface area (Å²) in [5, 5.41) is 0. The Morgan fingerprint density at radius 2 is 1.72 bits per heavy atom. The number of ether oxygens (including phenoxy) is 1. The fourth-order valence-corrected chi connectivity index (χ4v) is 3.90. The van der Waals surface area contributed by atoms with E-state index in [-0.39, 0.29) is 29.8 Å². The van der Waals surface area contributed by atoms with E-state index in [1.165, 1.54) is 5.56 Å². The minimum Gasteiger partial charge on any atom is -0.469 e. The molecule has 1 aliphatic carbocycles. The van der Waals surface area contributed by atoms with Crippen LogP contribution in [0.15, 0.2) is 83.5 Å². The molecule has 1 aliphatic rings. The van der Waals surface area contributed by atoms with Crippen molar-refractivity contribution in [3.8, 4) is 0 Å². The Bertz CT molecular complexity index is 983. The van der Waals surface area contributed by atoms with E-state index in [9.17, 15) is 4.79 Å². The average Bonchev–Trinajstić information content (AvgIpc) is 3.04. The van der Waals surface area contributed by atoms with Crippen LogP contribution in [-0.4, -0.2) is 5.97 Å². The van der Waals surface area contributed by atoms with Crippen molar-refractivity contribution < 1.29 is 13.9 Å². The van der Waals surface area contributed by atoms with Gasteiger partial charge in [0.1, 0.15) is 12.4 Å².